The van der Waals surface area contributed by atoms with Crippen molar-refractivity contribution in [3.8, 4) is 0 Å². The molecular weight excluding hydrogens is 108 g/mol. The van der Waals surface area contributed by atoms with Crippen LogP contribution in [0.3, 0.4) is 0 Å². The molecule has 0 saturated heterocycles. The van der Waals surface area contributed by atoms with E-state index < -0.39 is 0 Å². The minimum Gasteiger partial charge on any atom is -0.290 e. The molecule has 0 aliphatic carbocycles. The molecule has 0 fully saturated rings. The zero-order valence-electron chi connectivity index (χ0n) is 4.29. The lowest BCUT2D eigenvalue weighted by molar-refractivity contribution is 0.452. The summed E-state index contributed by atoms with van der Waals surface area (Å²) in [5.74, 6) is 1.04. The van der Waals surface area contributed by atoms with Crippen molar-refractivity contribution in [2.24, 2.45) is 4.40 Å². The fourth-order valence-corrected chi connectivity index (χ4v) is 0.951. The molecule has 1 aliphatic rings. The van der Waals surface area contributed by atoms with Crippen molar-refractivity contribution in [2.45, 2.75) is 0 Å². The Labute approximate surface area is 47.7 Å². The first-order valence-electron chi connectivity index (χ1n) is 2.22. The summed E-state index contributed by atoms with van der Waals surface area (Å²) in [6.45, 7) is 1.01. The Morgan fingerprint density at radius 3 is 3.00 bits per heavy atom. The van der Waals surface area contributed by atoms with Crippen molar-refractivity contribution < 1.29 is 0 Å². The maximum atomic E-state index is 3.98. The average molecular weight is 116 g/mol. The minimum atomic E-state index is 1.01. The Hall–Kier alpha value is -0.0200. The van der Waals surface area contributed by atoms with Crippen LogP contribution in [0.1, 0.15) is 0 Å². The van der Waals surface area contributed by atoms with E-state index in [1.54, 1.807) is 11.9 Å². The molecule has 40 valence electrons. The third kappa shape index (κ3) is 1.49. The van der Waals surface area contributed by atoms with Gasteiger partial charge in [0.2, 0.25) is 0 Å². The molecule has 3 heteroatoms. The Kier molecular flexibility index (Phi) is 1.70. The van der Waals surface area contributed by atoms with Crippen molar-refractivity contribution in [3.05, 3.63) is 0 Å². The largest absolute Gasteiger partial charge is 0.290 e. The second-order valence-corrected chi connectivity index (χ2v) is 2.31. The van der Waals surface area contributed by atoms with Gasteiger partial charge in [0.1, 0.15) is 0 Å². The van der Waals surface area contributed by atoms with Gasteiger partial charge in [0.05, 0.1) is 5.88 Å². The molecule has 0 amide bonds. The maximum absolute atomic E-state index is 3.98. The van der Waals surface area contributed by atoms with Gasteiger partial charge in [-0.15, -0.1) is 0 Å². The first-order chi connectivity index (χ1) is 3.39. The second kappa shape index (κ2) is 2.33. The van der Waals surface area contributed by atoms with Gasteiger partial charge >= 0.3 is 0 Å². The topological polar surface area (TPSA) is 15.6 Å². The maximum Gasteiger partial charge on any atom is 0.0666 e. The molecule has 1 heterocycles. The third-order valence-corrected chi connectivity index (χ3v) is 1.67. The van der Waals surface area contributed by atoms with Crippen LogP contribution in [0.5, 0.6) is 0 Å². The first kappa shape index (κ1) is 5.12. The summed E-state index contributed by atoms with van der Waals surface area (Å²) in [5.41, 5.74) is 0. The summed E-state index contributed by atoms with van der Waals surface area (Å²) in [7, 11) is 2.08. The molecule has 0 saturated carbocycles. The number of nitrogens with zero attached hydrogens (tertiary/aromatic N) is 2. The highest BCUT2D eigenvalue weighted by atomic mass is 32.2. The molecule has 2 nitrogen and oxygen atoms in total. The first-order valence-corrected chi connectivity index (χ1v) is 3.16. The smallest absolute Gasteiger partial charge is 0.0666 e. The lowest BCUT2D eigenvalue weighted by atomic mass is 10.6. The van der Waals surface area contributed by atoms with Gasteiger partial charge in [-0.25, -0.2) is 4.40 Å². The molecular formula is C4H8N2S. The summed E-state index contributed by atoms with van der Waals surface area (Å²) in [5, 5.41) is 0. The van der Waals surface area contributed by atoms with E-state index in [4.69, 9.17) is 0 Å². The van der Waals surface area contributed by atoms with Gasteiger partial charge in [-0.3, -0.25) is 4.90 Å². The fraction of sp³-hybridized carbons (Fsp3) is 0.750. The molecule has 0 N–H and O–H groups in total. The van der Waals surface area contributed by atoms with Crippen LogP contribution in [0.2, 0.25) is 0 Å². The molecule has 0 radical (unpaired) electrons. The summed E-state index contributed by atoms with van der Waals surface area (Å²) in [6.07, 6.45) is 1.92. The van der Waals surface area contributed by atoms with E-state index in [0.717, 1.165) is 12.4 Å². The SMILES string of the molecule is CN1CC=NSC1. The van der Waals surface area contributed by atoms with Gasteiger partial charge in [0, 0.05) is 12.8 Å². The minimum absolute atomic E-state index is 1.01. The summed E-state index contributed by atoms with van der Waals surface area (Å²) < 4.78 is 3.98. The third-order valence-electron chi connectivity index (χ3n) is 0.821. The highest BCUT2D eigenvalue weighted by Gasteiger charge is 1.97. The molecule has 0 spiro atoms. The Morgan fingerprint density at radius 1 is 1.86 bits per heavy atom. The van der Waals surface area contributed by atoms with Crippen LogP contribution >= 0.6 is 11.9 Å². The quantitative estimate of drug-likeness (QED) is 0.431. The predicted octanol–water partition coefficient (Wildman–Crippen LogP) is 0.608. The molecule has 1 rings (SSSR count). The van der Waals surface area contributed by atoms with Crippen molar-refractivity contribution >= 4 is 18.2 Å². The monoisotopic (exact) mass is 116 g/mol. The highest BCUT2D eigenvalue weighted by Crippen LogP contribution is 2.05. The van der Waals surface area contributed by atoms with Gasteiger partial charge < -0.3 is 0 Å². The van der Waals surface area contributed by atoms with E-state index in [0.29, 0.717) is 0 Å². The highest BCUT2D eigenvalue weighted by molar-refractivity contribution is 7.98. The molecule has 0 unspecified atom stereocenters. The van der Waals surface area contributed by atoms with Crippen molar-refractivity contribution in [1.82, 2.24) is 4.90 Å². The Bertz CT molecular complexity index is 81.8. The van der Waals surface area contributed by atoms with Crippen LogP contribution in [0.25, 0.3) is 0 Å². The van der Waals surface area contributed by atoms with Crippen LogP contribution in [-0.2, 0) is 0 Å². The fourth-order valence-electron chi connectivity index (χ4n) is 0.410. The molecule has 7 heavy (non-hydrogen) atoms. The zero-order valence-corrected chi connectivity index (χ0v) is 5.11. The normalized spacial score (nSPS) is 23.0. The van der Waals surface area contributed by atoms with Gasteiger partial charge in [-0.1, -0.05) is 0 Å². The number of hydrogen-bond donors (Lipinski definition) is 0. The van der Waals surface area contributed by atoms with E-state index in [1.807, 2.05) is 6.21 Å². The number of rotatable bonds is 0. The van der Waals surface area contributed by atoms with E-state index in [9.17, 15) is 0 Å². The molecule has 1 aliphatic heterocycles. The molecule has 0 aromatic heterocycles. The Balaban J connectivity index is 2.32. The second-order valence-electron chi connectivity index (χ2n) is 1.58. The van der Waals surface area contributed by atoms with E-state index in [2.05, 4.69) is 16.3 Å². The lowest BCUT2D eigenvalue weighted by Crippen LogP contribution is -2.21. The van der Waals surface area contributed by atoms with E-state index in [-0.39, 0.29) is 0 Å². The summed E-state index contributed by atoms with van der Waals surface area (Å²) in [4.78, 5) is 2.21. The molecule has 0 aromatic carbocycles. The van der Waals surface area contributed by atoms with Crippen molar-refractivity contribution in [2.75, 3.05) is 19.5 Å². The van der Waals surface area contributed by atoms with E-state index >= 15 is 0 Å². The lowest BCUT2D eigenvalue weighted by Gasteiger charge is -2.13. The van der Waals surface area contributed by atoms with Crippen molar-refractivity contribution in [3.63, 3.8) is 0 Å². The van der Waals surface area contributed by atoms with Crippen LogP contribution in [0.4, 0.5) is 0 Å². The summed E-state index contributed by atoms with van der Waals surface area (Å²) in [6, 6.07) is 0. The van der Waals surface area contributed by atoms with Gasteiger partial charge in [-0.2, -0.15) is 0 Å². The Morgan fingerprint density at radius 2 is 2.71 bits per heavy atom. The molecule has 0 bridgehead atoms. The average Bonchev–Trinajstić information content (AvgIpc) is 1.69. The standard InChI is InChI=1S/C4H8N2S/c1-6-3-2-5-7-4-6/h2H,3-4H2,1H3. The van der Waals surface area contributed by atoms with E-state index in [1.165, 1.54) is 0 Å². The van der Waals surface area contributed by atoms with Crippen LogP contribution < -0.4 is 0 Å². The molecule has 0 aromatic rings. The predicted molar refractivity (Wildman–Crippen MR) is 33.6 cm³/mol. The van der Waals surface area contributed by atoms with Gasteiger partial charge in [-0.05, 0) is 19.0 Å². The summed E-state index contributed by atoms with van der Waals surface area (Å²) >= 11 is 1.60. The molecule has 0 atom stereocenters. The zero-order chi connectivity index (χ0) is 5.11. The van der Waals surface area contributed by atoms with Gasteiger partial charge in [0.25, 0.3) is 0 Å². The number of hydrogen-bond acceptors (Lipinski definition) is 3. The van der Waals surface area contributed by atoms with Gasteiger partial charge in [0.15, 0.2) is 0 Å². The van der Waals surface area contributed by atoms with Crippen LogP contribution in [0, 0.1) is 0 Å². The van der Waals surface area contributed by atoms with Crippen LogP contribution in [0.15, 0.2) is 4.40 Å². The van der Waals surface area contributed by atoms with Crippen LogP contribution in [-0.4, -0.2) is 30.6 Å². The van der Waals surface area contributed by atoms with Crippen molar-refractivity contribution in [1.29, 1.82) is 0 Å².